The first-order chi connectivity index (χ1) is 8.81. The average molecular weight is 244 g/mol. The number of hydrogen-bond acceptors (Lipinski definition) is 3. The number of ether oxygens (including phenoxy) is 1. The van der Waals surface area contributed by atoms with E-state index in [9.17, 15) is 0 Å². The summed E-state index contributed by atoms with van der Waals surface area (Å²) in [6, 6.07) is 9.88. The van der Waals surface area contributed by atoms with E-state index in [0.717, 1.165) is 30.6 Å². The van der Waals surface area contributed by atoms with Gasteiger partial charge in [0.05, 0.1) is 18.2 Å². The second kappa shape index (κ2) is 8.46. The minimum atomic E-state index is 0.714. The molecule has 0 aromatic heterocycles. The maximum Gasteiger partial charge on any atom is 0.0997 e. The van der Waals surface area contributed by atoms with Crippen LogP contribution in [-0.2, 0) is 4.74 Å². The van der Waals surface area contributed by atoms with Crippen molar-refractivity contribution < 1.29 is 4.74 Å². The molecule has 0 aliphatic rings. The molecular formula is C15H20N2O. The number of nitrogens with zero attached hydrogens (tertiary/aromatic N) is 1. The Bertz CT molecular complexity index is 432. The first kappa shape index (κ1) is 14.4. The van der Waals surface area contributed by atoms with Crippen LogP contribution in [-0.4, -0.2) is 26.8 Å². The number of nitriles is 1. The summed E-state index contributed by atoms with van der Waals surface area (Å²) in [6.45, 7) is 4.51. The van der Waals surface area contributed by atoms with Gasteiger partial charge in [0.25, 0.3) is 0 Å². The van der Waals surface area contributed by atoms with Crippen LogP contribution in [0.3, 0.4) is 0 Å². The van der Waals surface area contributed by atoms with Crippen LogP contribution in [0, 0.1) is 11.3 Å². The van der Waals surface area contributed by atoms with E-state index in [-0.39, 0.29) is 0 Å². The highest BCUT2D eigenvalue weighted by Crippen LogP contribution is 2.13. The van der Waals surface area contributed by atoms with E-state index in [2.05, 4.69) is 24.4 Å². The van der Waals surface area contributed by atoms with Gasteiger partial charge < -0.3 is 10.1 Å². The molecule has 0 amide bonds. The molecule has 0 bridgehead atoms. The lowest BCUT2D eigenvalue weighted by Gasteiger charge is -2.07. The highest BCUT2D eigenvalue weighted by Gasteiger charge is 2.00. The van der Waals surface area contributed by atoms with Gasteiger partial charge in [0, 0.05) is 20.2 Å². The van der Waals surface area contributed by atoms with E-state index in [1.165, 1.54) is 5.57 Å². The van der Waals surface area contributed by atoms with E-state index in [4.69, 9.17) is 10.00 Å². The quantitative estimate of drug-likeness (QED) is 0.750. The highest BCUT2D eigenvalue weighted by atomic mass is 16.5. The fourth-order valence-electron chi connectivity index (χ4n) is 1.65. The van der Waals surface area contributed by atoms with Gasteiger partial charge in [-0.15, -0.1) is 0 Å². The third-order valence-corrected chi connectivity index (χ3v) is 2.73. The van der Waals surface area contributed by atoms with E-state index in [0.29, 0.717) is 6.61 Å². The Hall–Kier alpha value is -1.63. The van der Waals surface area contributed by atoms with Crippen LogP contribution < -0.4 is 5.32 Å². The zero-order chi connectivity index (χ0) is 13.2. The minimum Gasteiger partial charge on any atom is -0.383 e. The van der Waals surface area contributed by atoms with Crippen molar-refractivity contribution in [3.8, 4) is 6.07 Å². The second-order valence-corrected chi connectivity index (χ2v) is 4.02. The Morgan fingerprint density at radius 3 is 2.89 bits per heavy atom. The lowest BCUT2D eigenvalue weighted by atomic mass is 10.0. The molecule has 0 atom stereocenters. The standard InChI is InChI=1S/C15H20N2O/c1-3-13(12-17-8-9-18-2)10-14-6-4-5-7-15(14)11-16/h4-7,10,17H,3,8-9,12H2,1-2H3/b13-10-. The molecule has 0 aliphatic carbocycles. The molecule has 0 spiro atoms. The summed E-state index contributed by atoms with van der Waals surface area (Å²) >= 11 is 0. The lowest BCUT2D eigenvalue weighted by Crippen LogP contribution is -2.21. The van der Waals surface area contributed by atoms with Crippen molar-refractivity contribution in [3.05, 3.63) is 41.0 Å². The molecular weight excluding hydrogens is 224 g/mol. The van der Waals surface area contributed by atoms with Gasteiger partial charge in [-0.05, 0) is 18.1 Å². The lowest BCUT2D eigenvalue weighted by molar-refractivity contribution is 0.200. The van der Waals surface area contributed by atoms with E-state index >= 15 is 0 Å². The van der Waals surface area contributed by atoms with Gasteiger partial charge in [0.1, 0.15) is 0 Å². The number of benzene rings is 1. The molecule has 1 aromatic rings. The maximum atomic E-state index is 9.04. The topological polar surface area (TPSA) is 45.0 Å². The summed E-state index contributed by atoms with van der Waals surface area (Å²) in [5.74, 6) is 0. The molecule has 0 heterocycles. The van der Waals surface area contributed by atoms with E-state index in [1.54, 1.807) is 7.11 Å². The first-order valence-corrected chi connectivity index (χ1v) is 6.20. The maximum absolute atomic E-state index is 9.04. The van der Waals surface area contributed by atoms with E-state index < -0.39 is 0 Å². The predicted molar refractivity (Wildman–Crippen MR) is 74.2 cm³/mol. The number of hydrogen-bond donors (Lipinski definition) is 1. The molecule has 3 heteroatoms. The monoisotopic (exact) mass is 244 g/mol. The summed E-state index contributed by atoms with van der Waals surface area (Å²) in [5, 5.41) is 12.4. The van der Waals surface area contributed by atoms with E-state index in [1.807, 2.05) is 24.3 Å². The van der Waals surface area contributed by atoms with Gasteiger partial charge in [0.2, 0.25) is 0 Å². The Kier molecular flexibility index (Phi) is 6.78. The van der Waals surface area contributed by atoms with Gasteiger partial charge in [-0.25, -0.2) is 0 Å². The van der Waals surface area contributed by atoms with Gasteiger partial charge in [0.15, 0.2) is 0 Å². The number of nitrogens with one attached hydrogen (secondary N) is 1. The van der Waals surface area contributed by atoms with Crippen LogP contribution in [0.2, 0.25) is 0 Å². The van der Waals surface area contributed by atoms with Crippen molar-refractivity contribution >= 4 is 6.08 Å². The van der Waals surface area contributed by atoms with Crippen LogP contribution >= 0.6 is 0 Å². The van der Waals surface area contributed by atoms with Crippen LogP contribution in [0.25, 0.3) is 6.08 Å². The zero-order valence-electron chi connectivity index (χ0n) is 11.1. The van der Waals surface area contributed by atoms with Gasteiger partial charge in [-0.1, -0.05) is 36.8 Å². The number of rotatable bonds is 7. The van der Waals surface area contributed by atoms with Crippen molar-refractivity contribution in [2.75, 3.05) is 26.8 Å². The molecule has 0 saturated carbocycles. The molecule has 1 aromatic carbocycles. The normalized spacial score (nSPS) is 11.3. The van der Waals surface area contributed by atoms with Gasteiger partial charge in [-0.2, -0.15) is 5.26 Å². The summed E-state index contributed by atoms with van der Waals surface area (Å²) in [6.07, 6.45) is 3.07. The molecule has 0 saturated heterocycles. The fraction of sp³-hybridized carbons (Fsp3) is 0.400. The van der Waals surface area contributed by atoms with Crippen LogP contribution in [0.1, 0.15) is 24.5 Å². The SMILES string of the molecule is CC/C(=C/c1ccccc1C#N)CNCCOC. The molecule has 1 rings (SSSR count). The van der Waals surface area contributed by atoms with Crippen LogP contribution in [0.4, 0.5) is 0 Å². The zero-order valence-corrected chi connectivity index (χ0v) is 11.1. The van der Waals surface area contributed by atoms with Crippen molar-refractivity contribution in [1.82, 2.24) is 5.32 Å². The Labute approximate surface area is 109 Å². The molecule has 1 N–H and O–H groups in total. The Morgan fingerprint density at radius 1 is 1.44 bits per heavy atom. The Balaban J connectivity index is 2.69. The molecule has 96 valence electrons. The van der Waals surface area contributed by atoms with Gasteiger partial charge in [-0.3, -0.25) is 0 Å². The summed E-state index contributed by atoms with van der Waals surface area (Å²) in [5.41, 5.74) is 3.00. The number of methoxy groups -OCH3 is 1. The highest BCUT2D eigenvalue weighted by molar-refractivity contribution is 5.60. The van der Waals surface area contributed by atoms with Gasteiger partial charge >= 0.3 is 0 Å². The molecule has 0 fully saturated rings. The predicted octanol–water partition coefficient (Wildman–Crippen LogP) is 2.59. The summed E-state index contributed by atoms with van der Waals surface area (Å²) in [4.78, 5) is 0. The summed E-state index contributed by atoms with van der Waals surface area (Å²) < 4.78 is 4.99. The van der Waals surface area contributed by atoms with Crippen molar-refractivity contribution in [3.63, 3.8) is 0 Å². The first-order valence-electron chi connectivity index (χ1n) is 6.20. The summed E-state index contributed by atoms with van der Waals surface area (Å²) in [7, 11) is 1.70. The fourth-order valence-corrected chi connectivity index (χ4v) is 1.65. The van der Waals surface area contributed by atoms with Crippen molar-refractivity contribution in [2.24, 2.45) is 0 Å². The largest absolute Gasteiger partial charge is 0.383 e. The van der Waals surface area contributed by atoms with Crippen LogP contribution in [0.15, 0.2) is 29.8 Å². The molecule has 3 nitrogen and oxygen atoms in total. The molecule has 18 heavy (non-hydrogen) atoms. The van der Waals surface area contributed by atoms with Crippen molar-refractivity contribution in [1.29, 1.82) is 5.26 Å². The smallest absolute Gasteiger partial charge is 0.0997 e. The molecule has 0 unspecified atom stereocenters. The molecule has 0 radical (unpaired) electrons. The Morgan fingerprint density at radius 2 is 2.22 bits per heavy atom. The minimum absolute atomic E-state index is 0.714. The third-order valence-electron chi connectivity index (χ3n) is 2.73. The molecule has 0 aliphatic heterocycles. The third kappa shape index (κ3) is 4.70. The van der Waals surface area contributed by atoms with Crippen molar-refractivity contribution in [2.45, 2.75) is 13.3 Å². The second-order valence-electron chi connectivity index (χ2n) is 4.02. The van der Waals surface area contributed by atoms with Crippen LogP contribution in [0.5, 0.6) is 0 Å². The average Bonchev–Trinajstić information content (AvgIpc) is 2.42.